The summed E-state index contributed by atoms with van der Waals surface area (Å²) in [5.74, 6) is 1.98. The van der Waals surface area contributed by atoms with Crippen molar-refractivity contribution in [3.63, 3.8) is 0 Å². The van der Waals surface area contributed by atoms with Crippen molar-refractivity contribution in [3.8, 4) is 0 Å². The van der Waals surface area contributed by atoms with E-state index in [1.54, 1.807) is 6.92 Å². The van der Waals surface area contributed by atoms with E-state index in [2.05, 4.69) is 59.0 Å². The maximum atomic E-state index is 12.5. The van der Waals surface area contributed by atoms with Gasteiger partial charge in [-0.3, -0.25) is 14.4 Å². The van der Waals surface area contributed by atoms with Crippen molar-refractivity contribution in [2.45, 2.75) is 84.3 Å². The van der Waals surface area contributed by atoms with Gasteiger partial charge in [0.25, 0.3) is 0 Å². The maximum absolute atomic E-state index is 12.5. The second-order valence-electron chi connectivity index (χ2n) is 11.2. The van der Waals surface area contributed by atoms with Gasteiger partial charge in [-0.15, -0.1) is 0 Å². The van der Waals surface area contributed by atoms with Crippen LogP contribution >= 0.6 is 45.2 Å². The molecule has 0 aromatic rings. The van der Waals surface area contributed by atoms with Gasteiger partial charge < -0.3 is 9.47 Å². The average molecular weight is 670 g/mol. The zero-order valence-electron chi connectivity index (χ0n) is 19.4. The highest BCUT2D eigenvalue weighted by Gasteiger charge is 2.64. The van der Waals surface area contributed by atoms with E-state index in [1.165, 1.54) is 0 Å². The number of alkyl halides is 2. The van der Waals surface area contributed by atoms with Crippen molar-refractivity contribution in [2.75, 3.05) is 8.86 Å². The van der Waals surface area contributed by atoms with E-state index in [0.717, 1.165) is 51.4 Å². The summed E-state index contributed by atoms with van der Waals surface area (Å²) < 4.78 is 12.7. The lowest BCUT2D eigenvalue weighted by molar-refractivity contribution is -0.199. The first-order chi connectivity index (χ1) is 15.1. The maximum Gasteiger partial charge on any atom is 0.316 e. The van der Waals surface area contributed by atoms with Crippen LogP contribution in [0.1, 0.15) is 72.1 Å². The van der Waals surface area contributed by atoms with Gasteiger partial charge in [0.1, 0.15) is 18.0 Å². The topological polar surface area (TPSA) is 69.7 Å². The highest BCUT2D eigenvalue weighted by atomic mass is 127. The number of ether oxygens (including phenoxy) is 2. The van der Waals surface area contributed by atoms with Crippen LogP contribution in [0.4, 0.5) is 0 Å². The molecule has 4 rings (SSSR count). The molecule has 0 spiro atoms. The zero-order valence-corrected chi connectivity index (χ0v) is 23.7. The number of esters is 2. The number of hydrogen-bond donors (Lipinski definition) is 0. The van der Waals surface area contributed by atoms with Gasteiger partial charge >= 0.3 is 11.9 Å². The first kappa shape index (κ1) is 25.2. The lowest BCUT2D eigenvalue weighted by Crippen LogP contribution is -2.60. The molecule has 0 amide bonds. The number of carbonyl (C=O) groups is 3. The van der Waals surface area contributed by atoms with Crippen LogP contribution in [0.25, 0.3) is 0 Å². The molecule has 0 N–H and O–H groups in total. The van der Waals surface area contributed by atoms with Crippen molar-refractivity contribution in [1.82, 2.24) is 0 Å². The van der Waals surface area contributed by atoms with Crippen LogP contribution in [-0.2, 0) is 23.9 Å². The van der Waals surface area contributed by atoms with Crippen LogP contribution in [0.2, 0.25) is 0 Å². The molecular formula is C25H36I2O5. The summed E-state index contributed by atoms with van der Waals surface area (Å²) in [6.45, 7) is 6.45. The number of ketones is 1. The summed E-state index contributed by atoms with van der Waals surface area (Å²) in [5, 5.41) is 0. The van der Waals surface area contributed by atoms with E-state index in [0.29, 0.717) is 38.3 Å². The summed E-state index contributed by atoms with van der Waals surface area (Å²) >= 11 is 4.15. The predicted molar refractivity (Wildman–Crippen MR) is 139 cm³/mol. The second kappa shape index (κ2) is 9.61. The Morgan fingerprint density at radius 3 is 2.25 bits per heavy atom. The Kier molecular flexibility index (Phi) is 7.56. The minimum atomic E-state index is -0.135. The third-order valence-corrected chi connectivity index (χ3v) is 11.1. The van der Waals surface area contributed by atoms with Gasteiger partial charge in [-0.2, -0.15) is 0 Å². The summed E-state index contributed by atoms with van der Waals surface area (Å²) in [4.78, 5) is 36.9. The van der Waals surface area contributed by atoms with Crippen molar-refractivity contribution < 1.29 is 23.9 Å². The van der Waals surface area contributed by atoms with E-state index in [1.807, 2.05) is 0 Å². The van der Waals surface area contributed by atoms with Gasteiger partial charge in [0.2, 0.25) is 0 Å². The van der Waals surface area contributed by atoms with Gasteiger partial charge in [0.15, 0.2) is 0 Å². The van der Waals surface area contributed by atoms with E-state index < -0.39 is 0 Å². The molecular weight excluding hydrogens is 634 g/mol. The fraction of sp³-hybridized carbons (Fsp3) is 0.880. The van der Waals surface area contributed by atoms with Crippen molar-refractivity contribution in [1.29, 1.82) is 0 Å². The van der Waals surface area contributed by atoms with Crippen molar-refractivity contribution >= 4 is 62.9 Å². The van der Waals surface area contributed by atoms with Gasteiger partial charge in [-0.05, 0) is 86.9 Å². The SMILES string of the molecule is CC(=O)[C@H]1CC[C@H]2[C@@H]3CC[C@H]4C[C@H](OC(=O)CI)CC[C@]4(C)[C@H]3[C@@H](OC(=O)CI)C[C@]12C. The molecule has 0 bridgehead atoms. The number of Topliss-reactive ketones (excluding diaryl/α,β-unsaturated/α-hetero) is 1. The fourth-order valence-electron chi connectivity index (χ4n) is 8.61. The Hall–Kier alpha value is 0.0700. The van der Waals surface area contributed by atoms with Crippen LogP contribution in [0, 0.1) is 40.4 Å². The standard InChI is InChI=1S/C25H36I2O5/c1-14(28)18-6-7-19-17-5-4-15-10-16(31-21(29)12-26)8-9-24(15,2)23(17)20(11-25(18,19)3)32-22(30)13-27/h15-20,23H,4-13H2,1-3H3/t15-,16+,17-,18+,19-,20-,23+,24-,25+/m0/s1. The normalized spacial score (nSPS) is 45.2. The van der Waals surface area contributed by atoms with E-state index in [4.69, 9.17) is 9.47 Å². The van der Waals surface area contributed by atoms with Gasteiger partial charge in [-0.25, -0.2) is 0 Å². The third-order valence-electron chi connectivity index (χ3n) is 9.81. The molecule has 180 valence electrons. The predicted octanol–water partition coefficient (Wildman–Crippen LogP) is 5.54. The van der Waals surface area contributed by atoms with E-state index in [9.17, 15) is 14.4 Å². The molecule has 5 nitrogen and oxygen atoms in total. The largest absolute Gasteiger partial charge is 0.462 e. The number of hydrogen-bond acceptors (Lipinski definition) is 5. The molecule has 0 aromatic carbocycles. The lowest BCUT2D eigenvalue weighted by Gasteiger charge is -2.62. The molecule has 32 heavy (non-hydrogen) atoms. The summed E-state index contributed by atoms with van der Waals surface area (Å²) in [5.41, 5.74) is 0.0153. The molecule has 4 fully saturated rings. The minimum Gasteiger partial charge on any atom is -0.462 e. The summed E-state index contributed by atoms with van der Waals surface area (Å²) in [6.07, 6.45) is 7.89. The number of fused-ring (bicyclic) bond motifs is 5. The first-order valence-corrected chi connectivity index (χ1v) is 15.2. The number of halogens is 2. The number of carbonyl (C=O) groups excluding carboxylic acids is 3. The highest BCUT2D eigenvalue weighted by Crippen LogP contribution is 2.68. The van der Waals surface area contributed by atoms with Crippen LogP contribution < -0.4 is 0 Å². The van der Waals surface area contributed by atoms with Crippen molar-refractivity contribution in [2.24, 2.45) is 40.4 Å². The molecule has 9 atom stereocenters. The molecule has 0 radical (unpaired) electrons. The quantitative estimate of drug-likeness (QED) is 0.219. The van der Waals surface area contributed by atoms with Gasteiger partial charge in [-0.1, -0.05) is 59.0 Å². The molecule has 4 aliphatic rings. The van der Waals surface area contributed by atoms with Crippen LogP contribution in [-0.4, -0.2) is 38.8 Å². The Labute approximate surface area is 219 Å². The smallest absolute Gasteiger partial charge is 0.316 e. The molecule has 0 heterocycles. The molecule has 0 unspecified atom stereocenters. The van der Waals surface area contributed by atoms with Gasteiger partial charge in [0.05, 0.1) is 8.86 Å². The van der Waals surface area contributed by atoms with E-state index in [-0.39, 0.29) is 40.9 Å². The van der Waals surface area contributed by atoms with Crippen molar-refractivity contribution in [3.05, 3.63) is 0 Å². The lowest BCUT2D eigenvalue weighted by atomic mass is 9.43. The molecule has 4 saturated carbocycles. The Morgan fingerprint density at radius 2 is 1.59 bits per heavy atom. The monoisotopic (exact) mass is 670 g/mol. The molecule has 0 aromatic heterocycles. The zero-order chi connectivity index (χ0) is 23.3. The second-order valence-corrected chi connectivity index (χ2v) is 12.7. The molecule has 4 aliphatic carbocycles. The minimum absolute atomic E-state index is 0.0182. The highest BCUT2D eigenvalue weighted by molar-refractivity contribution is 14.1. The van der Waals surface area contributed by atoms with Crippen LogP contribution in [0.5, 0.6) is 0 Å². The molecule has 0 saturated heterocycles. The first-order valence-electron chi connectivity index (χ1n) is 12.2. The van der Waals surface area contributed by atoms with Crippen LogP contribution in [0.15, 0.2) is 0 Å². The Morgan fingerprint density at radius 1 is 0.906 bits per heavy atom. The Bertz CT molecular complexity index is 771. The Balaban J connectivity index is 1.64. The van der Waals surface area contributed by atoms with Crippen LogP contribution in [0.3, 0.4) is 0 Å². The number of rotatable bonds is 5. The van der Waals surface area contributed by atoms with Gasteiger partial charge in [0, 0.05) is 11.8 Å². The summed E-state index contributed by atoms with van der Waals surface area (Å²) in [6, 6.07) is 0. The fourth-order valence-corrected chi connectivity index (χ4v) is 8.97. The average Bonchev–Trinajstić information content (AvgIpc) is 3.10. The molecule has 7 heteroatoms. The third kappa shape index (κ3) is 4.28. The van der Waals surface area contributed by atoms with E-state index >= 15 is 0 Å². The summed E-state index contributed by atoms with van der Waals surface area (Å²) in [7, 11) is 0. The molecule has 0 aliphatic heterocycles.